The quantitative estimate of drug-likeness (QED) is 0.554. The second-order valence-electron chi connectivity index (χ2n) is 4.58. The standard InChI is InChI=1S/C17H17FO/c1-13(19)17-12-15-8-5-4-7-14(15)11-16(17)9-3-2-6-10-18/h3-5,7-9,11-12H,2,6,10H2,1H3/b9-3+. The van der Waals surface area contributed by atoms with Gasteiger partial charge in [0.05, 0.1) is 6.67 Å². The van der Waals surface area contributed by atoms with Crippen LogP contribution in [0.2, 0.25) is 0 Å². The van der Waals surface area contributed by atoms with Gasteiger partial charge in [-0.25, -0.2) is 0 Å². The van der Waals surface area contributed by atoms with Gasteiger partial charge >= 0.3 is 0 Å². The molecule has 98 valence electrons. The summed E-state index contributed by atoms with van der Waals surface area (Å²) < 4.78 is 12.0. The summed E-state index contributed by atoms with van der Waals surface area (Å²) in [6.45, 7) is 1.27. The van der Waals surface area contributed by atoms with E-state index in [4.69, 9.17) is 0 Å². The van der Waals surface area contributed by atoms with Gasteiger partial charge in [0.2, 0.25) is 0 Å². The van der Waals surface area contributed by atoms with Crippen molar-refractivity contribution in [3.05, 3.63) is 53.6 Å². The normalized spacial score (nSPS) is 11.3. The Morgan fingerprint density at radius 3 is 2.53 bits per heavy atom. The van der Waals surface area contributed by atoms with Crippen LogP contribution in [0.1, 0.15) is 35.7 Å². The van der Waals surface area contributed by atoms with Crippen LogP contribution in [-0.2, 0) is 0 Å². The van der Waals surface area contributed by atoms with Crippen LogP contribution >= 0.6 is 0 Å². The van der Waals surface area contributed by atoms with Gasteiger partial charge in [0, 0.05) is 5.56 Å². The highest BCUT2D eigenvalue weighted by Gasteiger charge is 2.06. The molecular formula is C17H17FO. The van der Waals surface area contributed by atoms with Gasteiger partial charge in [-0.3, -0.25) is 9.18 Å². The van der Waals surface area contributed by atoms with E-state index in [1.807, 2.05) is 48.6 Å². The molecule has 0 heterocycles. The number of carbonyl (C=O) groups excluding carboxylic acids is 1. The summed E-state index contributed by atoms with van der Waals surface area (Å²) in [4.78, 5) is 11.7. The third kappa shape index (κ3) is 3.28. The van der Waals surface area contributed by atoms with E-state index in [1.54, 1.807) is 6.92 Å². The number of fused-ring (bicyclic) bond motifs is 1. The number of hydrogen-bond donors (Lipinski definition) is 0. The smallest absolute Gasteiger partial charge is 0.160 e. The lowest BCUT2D eigenvalue weighted by Crippen LogP contribution is -1.96. The van der Waals surface area contributed by atoms with Crippen molar-refractivity contribution < 1.29 is 9.18 Å². The monoisotopic (exact) mass is 256 g/mol. The highest BCUT2D eigenvalue weighted by atomic mass is 19.1. The predicted molar refractivity (Wildman–Crippen MR) is 78.2 cm³/mol. The fourth-order valence-electron chi connectivity index (χ4n) is 2.11. The van der Waals surface area contributed by atoms with Crippen molar-refractivity contribution in [1.82, 2.24) is 0 Å². The van der Waals surface area contributed by atoms with Crippen molar-refractivity contribution >= 4 is 22.6 Å². The van der Waals surface area contributed by atoms with E-state index in [-0.39, 0.29) is 12.5 Å². The fourth-order valence-corrected chi connectivity index (χ4v) is 2.11. The number of allylic oxidation sites excluding steroid dienone is 1. The Bertz CT molecular complexity index is 614. The molecule has 2 heteroatoms. The molecule has 0 saturated carbocycles. The minimum absolute atomic E-state index is 0.0518. The van der Waals surface area contributed by atoms with Gasteiger partial charge in [-0.15, -0.1) is 0 Å². The molecule has 0 aromatic heterocycles. The van der Waals surface area contributed by atoms with Crippen LogP contribution < -0.4 is 0 Å². The summed E-state index contributed by atoms with van der Waals surface area (Å²) in [5.41, 5.74) is 1.63. The molecule has 0 amide bonds. The van der Waals surface area contributed by atoms with Crippen LogP contribution in [0.15, 0.2) is 42.5 Å². The number of alkyl halides is 1. The Morgan fingerprint density at radius 2 is 1.89 bits per heavy atom. The Labute approximate surface area is 112 Å². The second-order valence-corrected chi connectivity index (χ2v) is 4.58. The highest BCUT2D eigenvalue weighted by molar-refractivity contribution is 6.02. The summed E-state index contributed by atoms with van der Waals surface area (Å²) in [5.74, 6) is 0.0518. The van der Waals surface area contributed by atoms with Crippen LogP contribution in [0.5, 0.6) is 0 Å². The van der Waals surface area contributed by atoms with Gasteiger partial charge in [0.15, 0.2) is 5.78 Å². The maximum atomic E-state index is 12.0. The van der Waals surface area contributed by atoms with Crippen LogP contribution in [0.3, 0.4) is 0 Å². The molecule has 0 aliphatic rings. The number of ketones is 1. The number of benzene rings is 2. The summed E-state index contributed by atoms with van der Waals surface area (Å²) in [6.07, 6.45) is 5.06. The van der Waals surface area contributed by atoms with E-state index in [1.165, 1.54) is 0 Å². The van der Waals surface area contributed by atoms with E-state index in [0.717, 1.165) is 21.9 Å². The number of hydrogen-bond acceptors (Lipinski definition) is 1. The summed E-state index contributed by atoms with van der Waals surface area (Å²) in [7, 11) is 0. The zero-order valence-electron chi connectivity index (χ0n) is 11.0. The molecule has 2 rings (SSSR count). The van der Waals surface area contributed by atoms with E-state index in [2.05, 4.69) is 0 Å². The molecule has 0 atom stereocenters. The largest absolute Gasteiger partial charge is 0.294 e. The lowest BCUT2D eigenvalue weighted by atomic mass is 9.98. The van der Waals surface area contributed by atoms with Crippen LogP contribution in [-0.4, -0.2) is 12.5 Å². The van der Waals surface area contributed by atoms with Gasteiger partial charge in [0.1, 0.15) is 0 Å². The maximum absolute atomic E-state index is 12.0. The molecule has 0 unspecified atom stereocenters. The minimum Gasteiger partial charge on any atom is -0.294 e. The van der Waals surface area contributed by atoms with E-state index < -0.39 is 0 Å². The van der Waals surface area contributed by atoms with Gasteiger partial charge in [-0.2, -0.15) is 0 Å². The first kappa shape index (κ1) is 13.5. The average Bonchev–Trinajstić information content (AvgIpc) is 2.42. The van der Waals surface area contributed by atoms with Crippen molar-refractivity contribution in [2.45, 2.75) is 19.8 Å². The summed E-state index contributed by atoms with van der Waals surface area (Å²) in [6, 6.07) is 11.9. The van der Waals surface area contributed by atoms with Gasteiger partial charge < -0.3 is 0 Å². The van der Waals surface area contributed by atoms with Gasteiger partial charge in [0.25, 0.3) is 0 Å². The Kier molecular flexibility index (Phi) is 4.45. The topological polar surface area (TPSA) is 17.1 Å². The Hall–Kier alpha value is -1.96. The van der Waals surface area contributed by atoms with Gasteiger partial charge in [-0.05, 0) is 48.2 Å². The average molecular weight is 256 g/mol. The first-order chi connectivity index (χ1) is 9.22. The highest BCUT2D eigenvalue weighted by Crippen LogP contribution is 2.22. The van der Waals surface area contributed by atoms with Crippen LogP contribution in [0.25, 0.3) is 16.8 Å². The fraction of sp³-hybridized carbons (Fsp3) is 0.235. The number of unbranched alkanes of at least 4 members (excludes halogenated alkanes) is 1. The zero-order valence-corrected chi connectivity index (χ0v) is 11.0. The molecule has 0 aliphatic carbocycles. The molecule has 2 aromatic carbocycles. The van der Waals surface area contributed by atoms with Crippen LogP contribution in [0, 0.1) is 0 Å². The van der Waals surface area contributed by atoms with Crippen molar-refractivity contribution in [1.29, 1.82) is 0 Å². The molecular weight excluding hydrogens is 239 g/mol. The number of carbonyl (C=O) groups is 1. The number of rotatable bonds is 5. The third-order valence-corrected chi connectivity index (χ3v) is 3.10. The lowest BCUT2D eigenvalue weighted by molar-refractivity contribution is 0.101. The van der Waals surface area contributed by atoms with E-state index >= 15 is 0 Å². The van der Waals surface area contributed by atoms with Crippen LogP contribution in [0.4, 0.5) is 4.39 Å². The van der Waals surface area contributed by atoms with E-state index in [9.17, 15) is 9.18 Å². The molecule has 0 spiro atoms. The van der Waals surface area contributed by atoms with Crippen molar-refractivity contribution in [2.24, 2.45) is 0 Å². The third-order valence-electron chi connectivity index (χ3n) is 3.10. The maximum Gasteiger partial charge on any atom is 0.160 e. The summed E-state index contributed by atoms with van der Waals surface area (Å²) >= 11 is 0. The molecule has 0 bridgehead atoms. The molecule has 1 nitrogen and oxygen atoms in total. The molecule has 0 radical (unpaired) electrons. The predicted octanol–water partition coefficient (Wildman–Crippen LogP) is 4.81. The molecule has 0 saturated heterocycles. The summed E-state index contributed by atoms with van der Waals surface area (Å²) in [5, 5.41) is 2.17. The molecule has 2 aromatic rings. The molecule has 0 aliphatic heterocycles. The molecule has 0 fully saturated rings. The van der Waals surface area contributed by atoms with E-state index in [0.29, 0.717) is 12.8 Å². The van der Waals surface area contributed by atoms with Gasteiger partial charge in [-0.1, -0.05) is 36.4 Å². The van der Waals surface area contributed by atoms with Crippen molar-refractivity contribution in [3.63, 3.8) is 0 Å². The first-order valence-corrected chi connectivity index (χ1v) is 6.48. The lowest BCUT2D eigenvalue weighted by Gasteiger charge is -2.06. The Morgan fingerprint density at radius 1 is 1.21 bits per heavy atom. The number of halogens is 1. The minimum atomic E-state index is -0.304. The zero-order chi connectivity index (χ0) is 13.7. The first-order valence-electron chi connectivity index (χ1n) is 6.48. The second kappa shape index (κ2) is 6.28. The Balaban J connectivity index is 2.42. The van der Waals surface area contributed by atoms with Crippen molar-refractivity contribution in [3.8, 4) is 0 Å². The molecule has 19 heavy (non-hydrogen) atoms. The van der Waals surface area contributed by atoms with Crippen molar-refractivity contribution in [2.75, 3.05) is 6.67 Å². The number of Topliss-reactive ketones (excluding diaryl/α,β-unsaturated/α-hetero) is 1. The molecule has 0 N–H and O–H groups in total. The SMILES string of the molecule is CC(=O)c1cc2ccccc2cc1/C=C/CCCF.